The van der Waals surface area contributed by atoms with Crippen molar-refractivity contribution in [3.05, 3.63) is 52.4 Å². The van der Waals surface area contributed by atoms with Gasteiger partial charge in [0.05, 0.1) is 10.6 Å². The molecule has 4 nitrogen and oxygen atoms in total. The number of hydrogen-bond acceptors (Lipinski definition) is 3. The predicted molar refractivity (Wildman–Crippen MR) is 121 cm³/mol. The van der Waals surface area contributed by atoms with E-state index in [9.17, 15) is 22.4 Å². The van der Waals surface area contributed by atoms with Gasteiger partial charge in [-0.15, -0.1) is 0 Å². The van der Waals surface area contributed by atoms with Crippen LogP contribution in [0.2, 0.25) is 5.02 Å². The van der Waals surface area contributed by atoms with Crippen LogP contribution in [0.25, 0.3) is 0 Å². The van der Waals surface area contributed by atoms with Crippen molar-refractivity contribution in [1.29, 1.82) is 0 Å². The van der Waals surface area contributed by atoms with E-state index in [1.165, 1.54) is 30.0 Å². The summed E-state index contributed by atoms with van der Waals surface area (Å²) in [5, 5.41) is 0.668. The van der Waals surface area contributed by atoms with E-state index >= 15 is 0 Å². The number of benzene rings is 1. The minimum atomic E-state index is -4.51. The molecule has 0 saturated carbocycles. The number of aromatic nitrogens is 1. The maximum absolute atomic E-state index is 13.7. The van der Waals surface area contributed by atoms with E-state index in [1.54, 1.807) is 4.90 Å². The number of amides is 1. The average molecular weight is 537 g/mol. The fraction of sp³-hybridized carbons (Fsp3) is 0.455. The van der Waals surface area contributed by atoms with Crippen LogP contribution in [0.3, 0.4) is 0 Å². The van der Waals surface area contributed by atoms with Gasteiger partial charge in [-0.05, 0) is 62.9 Å². The Hall–Kier alpha value is -1.87. The summed E-state index contributed by atoms with van der Waals surface area (Å²) < 4.78 is 53.6. The standard InChI is InChI=1S/C22H23BrClF4N3O/c1-14-11-15(22(26,27)28)12-20(29-14)31-10-4-5-19(31)21(32)30(9-3-2-8-23)16-6-7-18(25)17(24)13-16/h6-7,11-13,19H,2-5,8-10H2,1H3/t19-/m0/s1. The van der Waals surface area contributed by atoms with Crippen LogP contribution >= 0.6 is 27.5 Å². The normalized spacial score (nSPS) is 16.5. The average Bonchev–Trinajstić information content (AvgIpc) is 3.22. The number of unbranched alkanes of at least 4 members (excludes halogenated alkanes) is 1. The summed E-state index contributed by atoms with van der Waals surface area (Å²) in [6.07, 6.45) is -1.86. The number of halogens is 6. The van der Waals surface area contributed by atoms with Crippen molar-refractivity contribution in [2.24, 2.45) is 0 Å². The lowest BCUT2D eigenvalue weighted by Gasteiger charge is -2.31. The molecule has 0 spiro atoms. The molecule has 32 heavy (non-hydrogen) atoms. The molecule has 1 atom stereocenters. The molecule has 0 aliphatic carbocycles. The van der Waals surface area contributed by atoms with E-state index < -0.39 is 23.6 Å². The van der Waals surface area contributed by atoms with E-state index in [4.69, 9.17) is 11.6 Å². The van der Waals surface area contributed by atoms with Gasteiger partial charge in [0.15, 0.2) is 0 Å². The zero-order valence-electron chi connectivity index (χ0n) is 17.4. The third kappa shape index (κ3) is 5.73. The van der Waals surface area contributed by atoms with Crippen LogP contribution in [0.15, 0.2) is 30.3 Å². The van der Waals surface area contributed by atoms with Gasteiger partial charge < -0.3 is 9.80 Å². The molecule has 0 unspecified atom stereocenters. The highest BCUT2D eigenvalue weighted by atomic mass is 79.9. The molecule has 2 aromatic rings. The number of hydrogen-bond donors (Lipinski definition) is 0. The molecular formula is C22H23BrClF4N3O. The largest absolute Gasteiger partial charge is 0.416 e. The summed E-state index contributed by atoms with van der Waals surface area (Å²) in [5.41, 5.74) is -0.110. The SMILES string of the molecule is Cc1cc(C(F)(F)F)cc(N2CCC[C@H]2C(=O)N(CCCCBr)c2ccc(F)c(Cl)c2)n1. The molecule has 2 heterocycles. The van der Waals surface area contributed by atoms with Crippen molar-refractivity contribution in [1.82, 2.24) is 4.98 Å². The van der Waals surface area contributed by atoms with Crippen LogP contribution in [-0.2, 0) is 11.0 Å². The maximum Gasteiger partial charge on any atom is 0.416 e. The van der Waals surface area contributed by atoms with Crippen molar-refractivity contribution in [3.8, 4) is 0 Å². The zero-order valence-corrected chi connectivity index (χ0v) is 19.8. The first-order valence-electron chi connectivity index (χ1n) is 10.3. The van der Waals surface area contributed by atoms with Crippen LogP contribution < -0.4 is 9.80 Å². The van der Waals surface area contributed by atoms with Crippen molar-refractivity contribution >= 4 is 44.9 Å². The van der Waals surface area contributed by atoms with Gasteiger partial charge in [-0.1, -0.05) is 27.5 Å². The van der Waals surface area contributed by atoms with Crippen molar-refractivity contribution in [2.45, 2.75) is 44.8 Å². The fourth-order valence-electron chi connectivity index (χ4n) is 3.82. The van der Waals surface area contributed by atoms with Gasteiger partial charge in [0.1, 0.15) is 17.7 Å². The minimum absolute atomic E-state index is 0.0979. The first-order chi connectivity index (χ1) is 15.1. The van der Waals surface area contributed by atoms with E-state index in [1.807, 2.05) is 0 Å². The monoisotopic (exact) mass is 535 g/mol. The Morgan fingerprint density at radius 1 is 1.28 bits per heavy atom. The van der Waals surface area contributed by atoms with E-state index in [-0.39, 0.29) is 22.4 Å². The van der Waals surface area contributed by atoms with Gasteiger partial charge >= 0.3 is 6.18 Å². The van der Waals surface area contributed by atoms with Crippen LogP contribution in [0, 0.1) is 12.7 Å². The third-order valence-electron chi connectivity index (χ3n) is 5.35. The Bertz CT molecular complexity index is 973. The molecule has 1 saturated heterocycles. The summed E-state index contributed by atoms with van der Waals surface area (Å²) >= 11 is 9.31. The third-order valence-corrected chi connectivity index (χ3v) is 6.20. The number of rotatable bonds is 7. The Morgan fingerprint density at radius 3 is 2.69 bits per heavy atom. The number of aryl methyl sites for hydroxylation is 1. The second-order valence-electron chi connectivity index (χ2n) is 7.69. The number of pyridine rings is 1. The highest BCUT2D eigenvalue weighted by Crippen LogP contribution is 2.34. The lowest BCUT2D eigenvalue weighted by Crippen LogP contribution is -2.46. The number of nitrogens with zero attached hydrogens (tertiary/aromatic N) is 3. The van der Waals surface area contributed by atoms with Crippen molar-refractivity contribution in [3.63, 3.8) is 0 Å². The summed E-state index contributed by atoms with van der Waals surface area (Å²) in [5.74, 6) is -0.725. The van der Waals surface area contributed by atoms with Gasteiger partial charge in [0, 0.05) is 29.8 Å². The predicted octanol–water partition coefficient (Wildman–Crippen LogP) is 6.38. The molecule has 1 amide bonds. The molecule has 174 valence electrons. The maximum atomic E-state index is 13.7. The van der Waals surface area contributed by atoms with Crippen LogP contribution in [0.5, 0.6) is 0 Å². The molecule has 1 aliphatic heterocycles. The zero-order chi connectivity index (χ0) is 23.5. The molecule has 0 radical (unpaired) electrons. The molecule has 0 N–H and O–H groups in total. The Labute approximate surface area is 197 Å². The molecular weight excluding hydrogens is 514 g/mol. The van der Waals surface area contributed by atoms with E-state index in [0.29, 0.717) is 38.0 Å². The van der Waals surface area contributed by atoms with Crippen molar-refractivity contribution < 1.29 is 22.4 Å². The second-order valence-corrected chi connectivity index (χ2v) is 8.89. The lowest BCUT2D eigenvalue weighted by molar-refractivity contribution is -0.137. The summed E-state index contributed by atoms with van der Waals surface area (Å²) in [7, 11) is 0. The van der Waals surface area contributed by atoms with Gasteiger partial charge in [-0.25, -0.2) is 9.37 Å². The molecule has 1 aromatic heterocycles. The van der Waals surface area contributed by atoms with Crippen LogP contribution in [-0.4, -0.2) is 35.4 Å². The molecule has 1 aromatic carbocycles. The fourth-order valence-corrected chi connectivity index (χ4v) is 4.39. The smallest absolute Gasteiger partial charge is 0.345 e. The Balaban J connectivity index is 1.93. The molecule has 1 aliphatic rings. The first kappa shape index (κ1) is 24.8. The number of anilines is 2. The molecule has 0 bridgehead atoms. The first-order valence-corrected chi connectivity index (χ1v) is 11.8. The highest BCUT2D eigenvalue weighted by Gasteiger charge is 2.37. The van der Waals surface area contributed by atoms with Crippen molar-refractivity contribution in [2.75, 3.05) is 28.2 Å². The van der Waals surface area contributed by atoms with Gasteiger partial charge in [-0.3, -0.25) is 4.79 Å². The lowest BCUT2D eigenvalue weighted by atomic mass is 10.1. The molecule has 10 heteroatoms. The van der Waals surface area contributed by atoms with E-state index in [0.717, 1.165) is 23.9 Å². The number of carbonyl (C=O) groups excluding carboxylic acids is 1. The van der Waals surface area contributed by atoms with Gasteiger partial charge in [0.25, 0.3) is 0 Å². The molecule has 3 rings (SSSR count). The van der Waals surface area contributed by atoms with Gasteiger partial charge in [-0.2, -0.15) is 13.2 Å². The van der Waals surface area contributed by atoms with Crippen LogP contribution in [0.1, 0.15) is 36.9 Å². The summed E-state index contributed by atoms with van der Waals surface area (Å²) in [6, 6.07) is 5.39. The minimum Gasteiger partial charge on any atom is -0.345 e. The second kappa shape index (κ2) is 10.4. The number of alkyl halides is 4. The van der Waals surface area contributed by atoms with E-state index in [2.05, 4.69) is 20.9 Å². The molecule has 1 fully saturated rings. The summed E-state index contributed by atoms with van der Waals surface area (Å²) in [4.78, 5) is 21.0. The van der Waals surface area contributed by atoms with Gasteiger partial charge in [0.2, 0.25) is 5.91 Å². The Morgan fingerprint density at radius 2 is 2.03 bits per heavy atom. The number of carbonyl (C=O) groups is 1. The highest BCUT2D eigenvalue weighted by molar-refractivity contribution is 9.09. The topological polar surface area (TPSA) is 36.4 Å². The van der Waals surface area contributed by atoms with Crippen LogP contribution in [0.4, 0.5) is 29.1 Å². The summed E-state index contributed by atoms with van der Waals surface area (Å²) in [6.45, 7) is 2.30. The quantitative estimate of drug-likeness (QED) is 0.234. The Kier molecular flexibility index (Phi) is 8.03.